The van der Waals surface area contributed by atoms with Crippen LogP contribution in [-0.2, 0) is 6.54 Å². The topological polar surface area (TPSA) is 6.48 Å². The molecule has 0 spiro atoms. The second kappa shape index (κ2) is 6.63. The molecule has 0 radical (unpaired) electrons. The van der Waals surface area contributed by atoms with Gasteiger partial charge in [0.15, 0.2) is 0 Å². The molecule has 0 aromatic heterocycles. The van der Waals surface area contributed by atoms with Crippen molar-refractivity contribution < 1.29 is 8.78 Å². The first-order valence-electron chi connectivity index (χ1n) is 7.29. The third kappa shape index (κ3) is 3.39. The van der Waals surface area contributed by atoms with E-state index < -0.39 is 0 Å². The quantitative estimate of drug-likeness (QED) is 0.844. The summed E-state index contributed by atoms with van der Waals surface area (Å²) in [6.07, 6.45) is 0. The number of para-hydroxylation sites is 1. The third-order valence-electron chi connectivity index (χ3n) is 3.97. The SMILES string of the molecule is Fc1ccc(CN2CCN(c3ccccc3F)CC2)c(Cl)c1. The van der Waals surface area contributed by atoms with E-state index in [4.69, 9.17) is 11.6 Å². The Morgan fingerprint density at radius 2 is 1.68 bits per heavy atom. The zero-order chi connectivity index (χ0) is 15.5. The molecule has 116 valence electrons. The van der Waals surface area contributed by atoms with Gasteiger partial charge in [0.2, 0.25) is 0 Å². The van der Waals surface area contributed by atoms with Crippen LogP contribution in [0.25, 0.3) is 0 Å². The third-order valence-corrected chi connectivity index (χ3v) is 4.33. The molecule has 0 saturated carbocycles. The Hall–Kier alpha value is -1.65. The first kappa shape index (κ1) is 15.3. The maximum absolute atomic E-state index is 13.8. The lowest BCUT2D eigenvalue weighted by atomic mass is 10.2. The molecule has 2 nitrogen and oxygen atoms in total. The molecule has 0 unspecified atom stereocenters. The molecule has 22 heavy (non-hydrogen) atoms. The second-order valence-corrected chi connectivity index (χ2v) is 5.86. The van der Waals surface area contributed by atoms with Crippen LogP contribution in [0.2, 0.25) is 5.02 Å². The molecule has 0 amide bonds. The normalized spacial score (nSPS) is 16.0. The molecular weight excluding hydrogens is 306 g/mol. The van der Waals surface area contributed by atoms with Crippen LogP contribution in [0.1, 0.15) is 5.56 Å². The summed E-state index contributed by atoms with van der Waals surface area (Å²) in [5.74, 6) is -0.504. The Morgan fingerprint density at radius 3 is 2.36 bits per heavy atom. The number of halogens is 3. The minimum absolute atomic E-state index is 0.183. The summed E-state index contributed by atoms with van der Waals surface area (Å²) in [6, 6.07) is 11.3. The predicted octanol–water partition coefficient (Wildman–Crippen LogP) is 3.94. The maximum Gasteiger partial charge on any atom is 0.146 e. The fraction of sp³-hybridized carbons (Fsp3) is 0.294. The molecule has 0 aliphatic carbocycles. The van der Waals surface area contributed by atoms with Crippen LogP contribution < -0.4 is 4.90 Å². The number of nitrogens with zero attached hydrogens (tertiary/aromatic N) is 2. The van der Waals surface area contributed by atoms with Crippen molar-refractivity contribution >= 4 is 17.3 Å². The smallest absolute Gasteiger partial charge is 0.146 e. The monoisotopic (exact) mass is 322 g/mol. The van der Waals surface area contributed by atoms with E-state index in [2.05, 4.69) is 9.80 Å². The van der Waals surface area contributed by atoms with E-state index in [1.807, 2.05) is 12.1 Å². The minimum Gasteiger partial charge on any atom is -0.367 e. The molecule has 0 atom stereocenters. The first-order valence-corrected chi connectivity index (χ1v) is 7.67. The molecule has 2 aromatic carbocycles. The van der Waals surface area contributed by atoms with E-state index in [9.17, 15) is 8.78 Å². The molecule has 5 heteroatoms. The van der Waals surface area contributed by atoms with Crippen LogP contribution in [0, 0.1) is 11.6 Å². The zero-order valence-corrected chi connectivity index (χ0v) is 12.9. The van der Waals surface area contributed by atoms with Gasteiger partial charge in [0.25, 0.3) is 0 Å². The maximum atomic E-state index is 13.8. The number of hydrogen-bond donors (Lipinski definition) is 0. The highest BCUT2D eigenvalue weighted by atomic mass is 35.5. The highest BCUT2D eigenvalue weighted by Gasteiger charge is 2.19. The minimum atomic E-state index is -0.321. The molecular formula is C17H17ClF2N2. The Kier molecular flexibility index (Phi) is 4.60. The predicted molar refractivity (Wildman–Crippen MR) is 85.3 cm³/mol. The number of anilines is 1. The highest BCUT2D eigenvalue weighted by molar-refractivity contribution is 6.31. The lowest BCUT2D eigenvalue weighted by molar-refractivity contribution is 0.249. The van der Waals surface area contributed by atoms with Crippen molar-refractivity contribution in [2.24, 2.45) is 0 Å². The van der Waals surface area contributed by atoms with Crippen molar-refractivity contribution in [2.45, 2.75) is 6.54 Å². The standard InChI is InChI=1S/C17H17ClF2N2/c18-15-11-14(19)6-5-13(15)12-21-7-9-22(10-8-21)17-4-2-1-3-16(17)20/h1-6,11H,7-10,12H2. The summed E-state index contributed by atoms with van der Waals surface area (Å²) < 4.78 is 26.9. The number of hydrogen-bond acceptors (Lipinski definition) is 2. The molecule has 1 saturated heterocycles. The van der Waals surface area contributed by atoms with Crippen molar-refractivity contribution in [1.29, 1.82) is 0 Å². The molecule has 0 bridgehead atoms. The van der Waals surface area contributed by atoms with Gasteiger partial charge in [0, 0.05) is 37.7 Å². The first-order chi connectivity index (χ1) is 10.6. The van der Waals surface area contributed by atoms with Crippen molar-refractivity contribution in [1.82, 2.24) is 4.90 Å². The Morgan fingerprint density at radius 1 is 0.955 bits per heavy atom. The number of rotatable bonds is 3. The second-order valence-electron chi connectivity index (χ2n) is 5.45. The molecule has 2 aromatic rings. The summed E-state index contributed by atoms with van der Waals surface area (Å²) in [6.45, 7) is 3.85. The van der Waals surface area contributed by atoms with E-state index in [0.29, 0.717) is 17.3 Å². The summed E-state index contributed by atoms with van der Waals surface area (Å²) >= 11 is 6.07. The van der Waals surface area contributed by atoms with E-state index in [0.717, 1.165) is 31.7 Å². The number of benzene rings is 2. The average Bonchev–Trinajstić information content (AvgIpc) is 2.51. The van der Waals surface area contributed by atoms with Crippen molar-refractivity contribution in [2.75, 3.05) is 31.1 Å². The van der Waals surface area contributed by atoms with E-state index in [1.54, 1.807) is 12.1 Å². The van der Waals surface area contributed by atoms with E-state index >= 15 is 0 Å². The Labute approximate surface area is 133 Å². The molecule has 1 heterocycles. The van der Waals surface area contributed by atoms with Crippen molar-refractivity contribution in [3.8, 4) is 0 Å². The van der Waals surface area contributed by atoms with Crippen molar-refractivity contribution in [3.63, 3.8) is 0 Å². The van der Waals surface area contributed by atoms with Gasteiger partial charge in [-0.3, -0.25) is 4.90 Å². The number of piperazine rings is 1. The Balaban J connectivity index is 1.61. The molecule has 1 fully saturated rings. The molecule has 3 rings (SSSR count). The van der Waals surface area contributed by atoms with Crippen LogP contribution in [0.5, 0.6) is 0 Å². The zero-order valence-electron chi connectivity index (χ0n) is 12.1. The summed E-state index contributed by atoms with van der Waals surface area (Å²) in [7, 11) is 0. The summed E-state index contributed by atoms with van der Waals surface area (Å²) in [4.78, 5) is 4.30. The summed E-state index contributed by atoms with van der Waals surface area (Å²) in [5.41, 5.74) is 1.57. The van der Waals surface area contributed by atoms with E-state index in [-0.39, 0.29) is 11.6 Å². The van der Waals surface area contributed by atoms with Crippen LogP contribution in [0.3, 0.4) is 0 Å². The van der Waals surface area contributed by atoms with Gasteiger partial charge < -0.3 is 4.90 Å². The van der Waals surface area contributed by atoms with Gasteiger partial charge in [-0.1, -0.05) is 29.8 Å². The Bertz CT molecular complexity index is 655. The molecule has 0 N–H and O–H groups in total. The van der Waals surface area contributed by atoms with E-state index in [1.165, 1.54) is 18.2 Å². The van der Waals surface area contributed by atoms with Gasteiger partial charge in [-0.25, -0.2) is 8.78 Å². The fourth-order valence-corrected chi connectivity index (χ4v) is 2.97. The van der Waals surface area contributed by atoms with Crippen molar-refractivity contribution in [3.05, 3.63) is 64.7 Å². The fourth-order valence-electron chi connectivity index (χ4n) is 2.75. The van der Waals surface area contributed by atoms with Gasteiger partial charge in [-0.05, 0) is 29.8 Å². The van der Waals surface area contributed by atoms with Gasteiger partial charge in [-0.2, -0.15) is 0 Å². The largest absolute Gasteiger partial charge is 0.367 e. The average molecular weight is 323 g/mol. The lowest BCUT2D eigenvalue weighted by Gasteiger charge is -2.36. The molecule has 1 aliphatic heterocycles. The summed E-state index contributed by atoms with van der Waals surface area (Å²) in [5, 5.41) is 0.455. The van der Waals surface area contributed by atoms with Gasteiger partial charge in [0.05, 0.1) is 5.69 Å². The van der Waals surface area contributed by atoms with Gasteiger partial charge in [-0.15, -0.1) is 0 Å². The van der Waals surface area contributed by atoms with Crippen LogP contribution >= 0.6 is 11.6 Å². The van der Waals surface area contributed by atoms with Crippen LogP contribution in [0.15, 0.2) is 42.5 Å². The van der Waals surface area contributed by atoms with Gasteiger partial charge in [0.1, 0.15) is 11.6 Å². The van der Waals surface area contributed by atoms with Crippen LogP contribution in [-0.4, -0.2) is 31.1 Å². The highest BCUT2D eigenvalue weighted by Crippen LogP contribution is 2.22. The van der Waals surface area contributed by atoms with Crippen LogP contribution in [0.4, 0.5) is 14.5 Å². The molecule has 1 aliphatic rings. The lowest BCUT2D eigenvalue weighted by Crippen LogP contribution is -2.46. The van der Waals surface area contributed by atoms with Gasteiger partial charge >= 0.3 is 0 Å².